The van der Waals surface area contributed by atoms with Gasteiger partial charge in [-0.1, -0.05) is 6.92 Å². The van der Waals surface area contributed by atoms with E-state index in [9.17, 15) is 5.11 Å². The van der Waals surface area contributed by atoms with Crippen LogP contribution in [0.15, 0.2) is 0 Å². The van der Waals surface area contributed by atoms with Crippen molar-refractivity contribution in [2.24, 2.45) is 5.92 Å². The van der Waals surface area contributed by atoms with Crippen LogP contribution in [0.4, 0.5) is 0 Å². The van der Waals surface area contributed by atoms with Crippen LogP contribution in [0, 0.1) is 5.92 Å². The van der Waals surface area contributed by atoms with Gasteiger partial charge in [-0.05, 0) is 38.8 Å². The van der Waals surface area contributed by atoms with Crippen LogP contribution in [0.1, 0.15) is 26.7 Å². The third-order valence-electron chi connectivity index (χ3n) is 2.62. The first kappa shape index (κ1) is 8.02. The van der Waals surface area contributed by atoms with E-state index in [2.05, 4.69) is 12.2 Å². The van der Waals surface area contributed by atoms with E-state index in [1.54, 1.807) is 0 Å². The van der Waals surface area contributed by atoms with E-state index in [1.165, 1.54) is 0 Å². The standard InChI is InChI=1S/C8H17NO/c1-7-3-5-9-6-4-8(7,2)10/h7,9-10H,3-6H2,1-2H3/t7-,8+/m0/s1. The van der Waals surface area contributed by atoms with E-state index >= 15 is 0 Å². The minimum atomic E-state index is -0.441. The van der Waals surface area contributed by atoms with Crippen LogP contribution < -0.4 is 5.32 Å². The van der Waals surface area contributed by atoms with Gasteiger partial charge in [0.25, 0.3) is 0 Å². The first-order valence-corrected chi connectivity index (χ1v) is 4.06. The molecule has 0 aromatic heterocycles. The van der Waals surface area contributed by atoms with Crippen molar-refractivity contribution in [1.29, 1.82) is 0 Å². The fourth-order valence-electron chi connectivity index (χ4n) is 1.34. The second-order valence-corrected chi connectivity index (χ2v) is 3.55. The van der Waals surface area contributed by atoms with E-state index in [4.69, 9.17) is 0 Å². The topological polar surface area (TPSA) is 32.3 Å². The third kappa shape index (κ3) is 1.70. The molecule has 0 aromatic carbocycles. The highest BCUT2D eigenvalue weighted by Crippen LogP contribution is 2.24. The van der Waals surface area contributed by atoms with Gasteiger partial charge in [-0.25, -0.2) is 0 Å². The number of rotatable bonds is 0. The average molecular weight is 143 g/mol. The molecule has 1 aliphatic heterocycles. The van der Waals surface area contributed by atoms with Gasteiger partial charge in [0, 0.05) is 0 Å². The molecule has 2 atom stereocenters. The summed E-state index contributed by atoms with van der Waals surface area (Å²) in [6, 6.07) is 0. The van der Waals surface area contributed by atoms with Crippen molar-refractivity contribution in [1.82, 2.24) is 5.32 Å². The molecule has 2 N–H and O–H groups in total. The van der Waals surface area contributed by atoms with Gasteiger partial charge in [-0.2, -0.15) is 0 Å². The van der Waals surface area contributed by atoms with Crippen molar-refractivity contribution in [3.63, 3.8) is 0 Å². The summed E-state index contributed by atoms with van der Waals surface area (Å²) in [4.78, 5) is 0. The van der Waals surface area contributed by atoms with Crippen molar-refractivity contribution in [3.8, 4) is 0 Å². The maximum absolute atomic E-state index is 9.78. The fourth-order valence-corrected chi connectivity index (χ4v) is 1.34. The quantitative estimate of drug-likeness (QED) is 0.524. The second kappa shape index (κ2) is 2.89. The fraction of sp³-hybridized carbons (Fsp3) is 1.00. The van der Waals surface area contributed by atoms with Gasteiger partial charge in [0.1, 0.15) is 0 Å². The molecule has 1 fully saturated rings. The molecule has 0 aromatic rings. The van der Waals surface area contributed by atoms with Crippen molar-refractivity contribution < 1.29 is 5.11 Å². The Hall–Kier alpha value is -0.0800. The van der Waals surface area contributed by atoms with Crippen molar-refractivity contribution in [3.05, 3.63) is 0 Å². The molecule has 0 unspecified atom stereocenters. The van der Waals surface area contributed by atoms with Gasteiger partial charge < -0.3 is 10.4 Å². The minimum absolute atomic E-state index is 0.433. The highest BCUT2D eigenvalue weighted by Gasteiger charge is 2.28. The first-order chi connectivity index (χ1) is 4.63. The van der Waals surface area contributed by atoms with E-state index in [0.29, 0.717) is 5.92 Å². The summed E-state index contributed by atoms with van der Waals surface area (Å²) in [5, 5.41) is 13.1. The number of hydrogen-bond acceptors (Lipinski definition) is 2. The van der Waals surface area contributed by atoms with Gasteiger partial charge in [0.05, 0.1) is 5.60 Å². The Bertz CT molecular complexity index is 112. The van der Waals surface area contributed by atoms with Gasteiger partial charge >= 0.3 is 0 Å². The lowest BCUT2D eigenvalue weighted by molar-refractivity contribution is 0.00377. The van der Waals surface area contributed by atoms with Crippen LogP contribution in [0.3, 0.4) is 0 Å². The van der Waals surface area contributed by atoms with Crippen molar-refractivity contribution in [2.75, 3.05) is 13.1 Å². The highest BCUT2D eigenvalue weighted by atomic mass is 16.3. The second-order valence-electron chi connectivity index (χ2n) is 3.55. The molecule has 0 spiro atoms. The van der Waals surface area contributed by atoms with Gasteiger partial charge in [0.15, 0.2) is 0 Å². The Morgan fingerprint density at radius 3 is 2.90 bits per heavy atom. The number of hydrogen-bond donors (Lipinski definition) is 2. The summed E-state index contributed by atoms with van der Waals surface area (Å²) in [5.74, 6) is 0.433. The Morgan fingerprint density at radius 2 is 2.20 bits per heavy atom. The van der Waals surface area contributed by atoms with E-state index in [0.717, 1.165) is 25.9 Å². The number of aliphatic hydroxyl groups is 1. The van der Waals surface area contributed by atoms with Crippen LogP contribution in [0.2, 0.25) is 0 Å². The molecule has 2 nitrogen and oxygen atoms in total. The molecule has 1 heterocycles. The lowest BCUT2D eigenvalue weighted by Gasteiger charge is -2.27. The lowest BCUT2D eigenvalue weighted by atomic mass is 9.87. The van der Waals surface area contributed by atoms with Crippen LogP contribution in [-0.4, -0.2) is 23.8 Å². The Morgan fingerprint density at radius 1 is 1.50 bits per heavy atom. The largest absolute Gasteiger partial charge is 0.390 e. The molecule has 1 rings (SSSR count). The first-order valence-electron chi connectivity index (χ1n) is 4.06. The van der Waals surface area contributed by atoms with Gasteiger partial charge in [0.2, 0.25) is 0 Å². The monoisotopic (exact) mass is 143 g/mol. The normalized spacial score (nSPS) is 42.9. The maximum Gasteiger partial charge on any atom is 0.0657 e. The van der Waals surface area contributed by atoms with E-state index in [1.807, 2.05) is 6.92 Å². The van der Waals surface area contributed by atoms with Crippen molar-refractivity contribution in [2.45, 2.75) is 32.3 Å². The zero-order chi connectivity index (χ0) is 7.61. The Balaban J connectivity index is 2.52. The predicted octanol–water partition coefficient (Wildman–Crippen LogP) is 0.757. The molecule has 0 radical (unpaired) electrons. The molecule has 2 heteroatoms. The van der Waals surface area contributed by atoms with Crippen LogP contribution in [0.25, 0.3) is 0 Å². The summed E-state index contributed by atoms with van der Waals surface area (Å²) in [6.45, 7) is 6.06. The van der Waals surface area contributed by atoms with Crippen LogP contribution in [0.5, 0.6) is 0 Å². The Labute approximate surface area is 62.6 Å². The molecule has 1 aliphatic rings. The smallest absolute Gasteiger partial charge is 0.0657 e. The van der Waals surface area contributed by atoms with Crippen LogP contribution in [-0.2, 0) is 0 Å². The molecule has 0 aliphatic carbocycles. The highest BCUT2D eigenvalue weighted by molar-refractivity contribution is 4.82. The molecule has 60 valence electrons. The molecule has 0 saturated carbocycles. The van der Waals surface area contributed by atoms with Gasteiger partial charge in [-0.15, -0.1) is 0 Å². The minimum Gasteiger partial charge on any atom is -0.390 e. The van der Waals surface area contributed by atoms with Crippen molar-refractivity contribution >= 4 is 0 Å². The van der Waals surface area contributed by atoms with Gasteiger partial charge in [-0.3, -0.25) is 0 Å². The summed E-state index contributed by atoms with van der Waals surface area (Å²) in [7, 11) is 0. The molecule has 0 bridgehead atoms. The molecule has 10 heavy (non-hydrogen) atoms. The lowest BCUT2D eigenvalue weighted by Crippen LogP contribution is -2.32. The molecular formula is C8H17NO. The average Bonchev–Trinajstić information content (AvgIpc) is 1.96. The maximum atomic E-state index is 9.78. The zero-order valence-corrected chi connectivity index (χ0v) is 6.85. The van der Waals surface area contributed by atoms with Crippen LogP contribution >= 0.6 is 0 Å². The molecule has 0 amide bonds. The Kier molecular flexibility index (Phi) is 2.32. The molecular weight excluding hydrogens is 126 g/mol. The summed E-state index contributed by atoms with van der Waals surface area (Å²) < 4.78 is 0. The van der Waals surface area contributed by atoms with E-state index in [-0.39, 0.29) is 0 Å². The summed E-state index contributed by atoms with van der Waals surface area (Å²) in [6.07, 6.45) is 1.97. The van der Waals surface area contributed by atoms with E-state index < -0.39 is 5.60 Å². The zero-order valence-electron chi connectivity index (χ0n) is 6.85. The molecule has 1 saturated heterocycles. The predicted molar refractivity (Wildman–Crippen MR) is 41.9 cm³/mol. The SMILES string of the molecule is C[C@H]1CCNCC[C@@]1(C)O. The summed E-state index contributed by atoms with van der Waals surface area (Å²) >= 11 is 0. The summed E-state index contributed by atoms with van der Waals surface area (Å²) in [5.41, 5.74) is -0.441. The third-order valence-corrected chi connectivity index (χ3v) is 2.62. The number of nitrogens with one attached hydrogen (secondary N) is 1.